The van der Waals surface area contributed by atoms with Gasteiger partial charge in [-0.3, -0.25) is 4.90 Å². The van der Waals surface area contributed by atoms with Crippen molar-refractivity contribution < 1.29 is 9.26 Å². The van der Waals surface area contributed by atoms with Gasteiger partial charge in [0.1, 0.15) is 17.7 Å². The van der Waals surface area contributed by atoms with Crippen molar-refractivity contribution in [2.24, 2.45) is 0 Å². The summed E-state index contributed by atoms with van der Waals surface area (Å²) >= 11 is 0. The van der Waals surface area contributed by atoms with Crippen LogP contribution in [-0.2, 0) is 11.3 Å². The van der Waals surface area contributed by atoms with Gasteiger partial charge in [0, 0.05) is 25.7 Å². The van der Waals surface area contributed by atoms with Crippen LogP contribution in [0.2, 0.25) is 0 Å². The van der Waals surface area contributed by atoms with E-state index in [1.54, 1.807) is 6.07 Å². The number of hydrogen-bond acceptors (Lipinski definition) is 6. The maximum absolute atomic E-state index is 5.79. The quantitative estimate of drug-likeness (QED) is 0.914. The summed E-state index contributed by atoms with van der Waals surface area (Å²) in [5, 5.41) is 4.03. The maximum atomic E-state index is 5.79. The van der Waals surface area contributed by atoms with Crippen molar-refractivity contribution in [1.29, 1.82) is 0 Å². The molecule has 1 fully saturated rings. The second kappa shape index (κ2) is 5.60. The summed E-state index contributed by atoms with van der Waals surface area (Å²) in [5.41, 5.74) is 7.55. The topological polar surface area (TPSA) is 77.4 Å². The van der Waals surface area contributed by atoms with Gasteiger partial charge in [0.25, 0.3) is 0 Å². The van der Waals surface area contributed by atoms with Crippen molar-refractivity contribution in [3.63, 3.8) is 0 Å². The highest BCUT2D eigenvalue weighted by Gasteiger charge is 2.23. The Morgan fingerprint density at radius 3 is 3.10 bits per heavy atom. The lowest BCUT2D eigenvalue weighted by Gasteiger charge is -2.32. The zero-order valence-electron chi connectivity index (χ0n) is 11.5. The normalized spacial score (nSPS) is 20.1. The molecule has 2 aromatic rings. The molecule has 1 aliphatic heterocycles. The number of nitrogens with two attached hydrogens (primary N) is 1. The van der Waals surface area contributed by atoms with Crippen molar-refractivity contribution >= 4 is 5.82 Å². The van der Waals surface area contributed by atoms with Crippen LogP contribution in [0, 0.1) is 6.92 Å². The van der Waals surface area contributed by atoms with E-state index in [2.05, 4.69) is 15.0 Å². The highest BCUT2D eigenvalue weighted by molar-refractivity contribution is 5.29. The number of aromatic nitrogens is 2. The number of nitrogens with zero attached hydrogens (tertiary/aromatic N) is 3. The smallest absolute Gasteiger partial charge is 0.133 e. The first-order valence-corrected chi connectivity index (χ1v) is 6.69. The summed E-state index contributed by atoms with van der Waals surface area (Å²) in [6, 6.07) is 7.59. The molecule has 0 spiro atoms. The van der Waals surface area contributed by atoms with E-state index in [9.17, 15) is 0 Å². The van der Waals surface area contributed by atoms with Gasteiger partial charge < -0.3 is 15.0 Å². The number of ether oxygens (including phenoxy) is 1. The predicted octanol–water partition coefficient (Wildman–Crippen LogP) is 1.53. The van der Waals surface area contributed by atoms with Crippen molar-refractivity contribution in [3.05, 3.63) is 41.4 Å². The number of nitrogen functional groups attached to an aromatic ring is 1. The summed E-state index contributed by atoms with van der Waals surface area (Å²) in [5.74, 6) is 1.36. The molecule has 0 bridgehead atoms. The van der Waals surface area contributed by atoms with E-state index >= 15 is 0 Å². The third-order valence-corrected chi connectivity index (χ3v) is 3.33. The lowest BCUT2D eigenvalue weighted by Crippen LogP contribution is -2.38. The van der Waals surface area contributed by atoms with E-state index in [0.29, 0.717) is 12.4 Å². The maximum Gasteiger partial charge on any atom is 0.133 e. The van der Waals surface area contributed by atoms with Gasteiger partial charge in [0.05, 0.1) is 18.0 Å². The summed E-state index contributed by atoms with van der Waals surface area (Å²) in [6.07, 6.45) is -0.0414. The number of aryl methyl sites for hydroxylation is 1. The average Bonchev–Trinajstić information content (AvgIpc) is 2.84. The summed E-state index contributed by atoms with van der Waals surface area (Å²) < 4.78 is 10.9. The van der Waals surface area contributed by atoms with Gasteiger partial charge in [-0.25, -0.2) is 4.98 Å². The van der Waals surface area contributed by atoms with Gasteiger partial charge in [0.2, 0.25) is 0 Å². The molecule has 3 rings (SSSR count). The zero-order valence-corrected chi connectivity index (χ0v) is 11.5. The number of rotatable bonds is 3. The van der Waals surface area contributed by atoms with Crippen LogP contribution in [0.1, 0.15) is 23.3 Å². The Morgan fingerprint density at radius 2 is 2.35 bits per heavy atom. The first kappa shape index (κ1) is 13.1. The molecule has 2 aromatic heterocycles. The van der Waals surface area contributed by atoms with E-state index in [4.69, 9.17) is 15.0 Å². The lowest BCUT2D eigenvalue weighted by atomic mass is 10.2. The standard InChI is InChI=1S/C14H18N4O2/c1-10-7-11(17-20-10)8-18-5-6-19-13(9-18)12-3-2-4-14(15)16-12/h2-4,7,13H,5-6,8-9H2,1H3,(H2,15,16)/t13-/m1/s1. The van der Waals surface area contributed by atoms with Crippen LogP contribution >= 0.6 is 0 Å². The molecule has 6 nitrogen and oxygen atoms in total. The molecule has 0 unspecified atom stereocenters. The molecular formula is C14H18N4O2. The molecule has 1 aliphatic rings. The monoisotopic (exact) mass is 274 g/mol. The van der Waals surface area contributed by atoms with Gasteiger partial charge in [-0.2, -0.15) is 0 Å². The first-order chi connectivity index (χ1) is 9.70. The zero-order chi connectivity index (χ0) is 13.9. The molecule has 2 N–H and O–H groups in total. The SMILES string of the molecule is Cc1cc(CN2CCO[C@@H](c3cccc(N)n3)C2)no1. The molecular weight excluding hydrogens is 256 g/mol. The fraction of sp³-hybridized carbons (Fsp3) is 0.429. The van der Waals surface area contributed by atoms with Gasteiger partial charge in [0.15, 0.2) is 0 Å². The van der Waals surface area contributed by atoms with Crippen LogP contribution in [-0.4, -0.2) is 34.7 Å². The molecule has 20 heavy (non-hydrogen) atoms. The van der Waals surface area contributed by atoms with Gasteiger partial charge >= 0.3 is 0 Å². The fourth-order valence-electron chi connectivity index (χ4n) is 2.39. The Morgan fingerprint density at radius 1 is 1.45 bits per heavy atom. The molecule has 0 radical (unpaired) electrons. The van der Waals surface area contributed by atoms with E-state index in [1.165, 1.54) is 0 Å². The van der Waals surface area contributed by atoms with Crippen LogP contribution in [0.4, 0.5) is 5.82 Å². The highest BCUT2D eigenvalue weighted by atomic mass is 16.5. The first-order valence-electron chi connectivity index (χ1n) is 6.69. The summed E-state index contributed by atoms with van der Waals surface area (Å²) in [6.45, 7) is 5.00. The van der Waals surface area contributed by atoms with Crippen molar-refractivity contribution in [2.75, 3.05) is 25.4 Å². The lowest BCUT2D eigenvalue weighted by molar-refractivity contribution is -0.0354. The van der Waals surface area contributed by atoms with E-state index in [1.807, 2.05) is 25.1 Å². The molecule has 0 aliphatic carbocycles. The molecule has 1 atom stereocenters. The third kappa shape index (κ3) is 2.97. The number of morpholine rings is 1. The predicted molar refractivity (Wildman–Crippen MR) is 73.9 cm³/mol. The molecule has 106 valence electrons. The average molecular weight is 274 g/mol. The van der Waals surface area contributed by atoms with E-state index < -0.39 is 0 Å². The summed E-state index contributed by atoms with van der Waals surface area (Å²) in [7, 11) is 0. The second-order valence-corrected chi connectivity index (χ2v) is 5.01. The Balaban J connectivity index is 1.67. The minimum absolute atomic E-state index is 0.0414. The fourth-order valence-corrected chi connectivity index (χ4v) is 2.39. The van der Waals surface area contributed by atoms with Crippen LogP contribution in [0.15, 0.2) is 28.8 Å². The molecule has 1 saturated heterocycles. The Kier molecular flexibility index (Phi) is 3.66. The largest absolute Gasteiger partial charge is 0.384 e. The third-order valence-electron chi connectivity index (χ3n) is 3.33. The van der Waals surface area contributed by atoms with Crippen LogP contribution in [0.5, 0.6) is 0 Å². The van der Waals surface area contributed by atoms with Gasteiger partial charge in [-0.1, -0.05) is 11.2 Å². The molecule has 0 aromatic carbocycles. The summed E-state index contributed by atoms with van der Waals surface area (Å²) in [4.78, 5) is 6.62. The minimum Gasteiger partial charge on any atom is -0.384 e. The Bertz CT molecular complexity index is 584. The van der Waals surface area contributed by atoms with Crippen molar-refractivity contribution in [2.45, 2.75) is 19.6 Å². The number of anilines is 1. The van der Waals surface area contributed by atoms with Crippen molar-refractivity contribution in [3.8, 4) is 0 Å². The Labute approximate surface area is 117 Å². The van der Waals surface area contributed by atoms with E-state index in [-0.39, 0.29) is 6.10 Å². The minimum atomic E-state index is -0.0414. The van der Waals surface area contributed by atoms with Crippen LogP contribution in [0.3, 0.4) is 0 Å². The van der Waals surface area contributed by atoms with Gasteiger partial charge in [-0.15, -0.1) is 0 Å². The second-order valence-electron chi connectivity index (χ2n) is 5.01. The molecule has 3 heterocycles. The number of pyridine rings is 1. The van der Waals surface area contributed by atoms with Crippen LogP contribution in [0.25, 0.3) is 0 Å². The highest BCUT2D eigenvalue weighted by Crippen LogP contribution is 2.22. The molecule has 0 amide bonds. The number of hydrogen-bond donors (Lipinski definition) is 1. The van der Waals surface area contributed by atoms with Crippen LogP contribution < -0.4 is 5.73 Å². The molecule has 6 heteroatoms. The van der Waals surface area contributed by atoms with Crippen molar-refractivity contribution in [1.82, 2.24) is 15.0 Å². The van der Waals surface area contributed by atoms with Gasteiger partial charge in [-0.05, 0) is 19.1 Å². The molecule has 0 saturated carbocycles. The Hall–Kier alpha value is -1.92. The van der Waals surface area contributed by atoms with E-state index in [0.717, 1.165) is 36.8 Å².